The van der Waals surface area contributed by atoms with Gasteiger partial charge in [0.25, 0.3) is 0 Å². The topological polar surface area (TPSA) is 47.0 Å². The number of rotatable bonds is 7. The average molecular weight is 305 g/mol. The minimum absolute atomic E-state index is 0.218. The molecule has 1 unspecified atom stereocenters. The van der Waals surface area contributed by atoms with Crippen LogP contribution in [0.3, 0.4) is 0 Å². The van der Waals surface area contributed by atoms with E-state index in [0.717, 1.165) is 29.5 Å². The third-order valence-corrected chi connectivity index (χ3v) is 3.80. The van der Waals surface area contributed by atoms with Crippen molar-refractivity contribution < 1.29 is 4.74 Å². The molecule has 0 saturated heterocycles. The van der Waals surface area contributed by atoms with Crippen molar-refractivity contribution in [3.63, 3.8) is 0 Å². The SMILES string of the molecule is Cc1nsc(NC(C)CCc2ccc(OC(C)C)cc2)n1. The molecule has 0 fully saturated rings. The zero-order valence-corrected chi connectivity index (χ0v) is 13.9. The smallest absolute Gasteiger partial charge is 0.202 e. The number of benzene rings is 1. The van der Waals surface area contributed by atoms with Crippen LogP contribution in [0.1, 0.15) is 38.6 Å². The highest BCUT2D eigenvalue weighted by Gasteiger charge is 2.06. The molecule has 5 heteroatoms. The standard InChI is InChI=1S/C16H23N3OS/c1-11(2)20-15-9-7-14(8-10-15)6-5-12(3)17-16-18-13(4)19-21-16/h7-12H,5-6H2,1-4H3,(H,17,18,19). The minimum Gasteiger partial charge on any atom is -0.491 e. The van der Waals surface area contributed by atoms with Crippen LogP contribution in [-0.2, 0) is 6.42 Å². The summed E-state index contributed by atoms with van der Waals surface area (Å²) in [5, 5.41) is 4.29. The van der Waals surface area contributed by atoms with Crippen molar-refractivity contribution in [2.75, 3.05) is 5.32 Å². The number of aryl methyl sites for hydroxylation is 2. The van der Waals surface area contributed by atoms with E-state index < -0.39 is 0 Å². The van der Waals surface area contributed by atoms with Crippen LogP contribution in [0.15, 0.2) is 24.3 Å². The number of hydrogen-bond acceptors (Lipinski definition) is 5. The maximum atomic E-state index is 5.65. The van der Waals surface area contributed by atoms with Gasteiger partial charge in [-0.05, 0) is 58.2 Å². The Hall–Kier alpha value is -1.62. The van der Waals surface area contributed by atoms with Crippen molar-refractivity contribution in [3.05, 3.63) is 35.7 Å². The maximum Gasteiger partial charge on any atom is 0.202 e. The Labute approximate surface area is 130 Å². The van der Waals surface area contributed by atoms with E-state index in [-0.39, 0.29) is 6.10 Å². The second-order valence-corrected chi connectivity index (χ2v) is 6.29. The molecule has 21 heavy (non-hydrogen) atoms. The molecule has 1 atom stereocenters. The first-order chi connectivity index (χ1) is 10.0. The predicted molar refractivity (Wildman–Crippen MR) is 88.3 cm³/mol. The molecule has 1 aromatic heterocycles. The van der Waals surface area contributed by atoms with Crippen LogP contribution >= 0.6 is 11.5 Å². The molecule has 1 N–H and O–H groups in total. The first kappa shape index (κ1) is 15.8. The van der Waals surface area contributed by atoms with Crippen molar-refractivity contribution in [2.45, 2.75) is 52.7 Å². The third-order valence-electron chi connectivity index (χ3n) is 3.06. The lowest BCUT2D eigenvalue weighted by Crippen LogP contribution is -2.15. The van der Waals surface area contributed by atoms with Gasteiger partial charge in [0.1, 0.15) is 11.6 Å². The lowest BCUT2D eigenvalue weighted by atomic mass is 10.1. The van der Waals surface area contributed by atoms with Crippen LogP contribution in [0, 0.1) is 6.92 Å². The number of hydrogen-bond donors (Lipinski definition) is 1. The molecule has 0 radical (unpaired) electrons. The van der Waals surface area contributed by atoms with Crippen molar-refractivity contribution in [3.8, 4) is 5.75 Å². The number of aromatic nitrogens is 2. The molecule has 2 aromatic rings. The van der Waals surface area contributed by atoms with Crippen LogP contribution in [0.5, 0.6) is 5.75 Å². The van der Waals surface area contributed by atoms with E-state index in [9.17, 15) is 0 Å². The maximum absolute atomic E-state index is 5.65. The highest BCUT2D eigenvalue weighted by molar-refractivity contribution is 7.09. The highest BCUT2D eigenvalue weighted by Crippen LogP contribution is 2.17. The second kappa shape index (κ2) is 7.41. The van der Waals surface area contributed by atoms with E-state index in [4.69, 9.17) is 4.74 Å². The zero-order valence-electron chi connectivity index (χ0n) is 13.1. The molecule has 1 heterocycles. The Kier molecular flexibility index (Phi) is 5.56. The van der Waals surface area contributed by atoms with E-state index >= 15 is 0 Å². The van der Waals surface area contributed by atoms with Gasteiger partial charge >= 0.3 is 0 Å². The van der Waals surface area contributed by atoms with Gasteiger partial charge < -0.3 is 10.1 Å². The van der Waals surface area contributed by atoms with Gasteiger partial charge in [-0.15, -0.1) is 0 Å². The van der Waals surface area contributed by atoms with Gasteiger partial charge in [0, 0.05) is 17.6 Å². The molecule has 0 aliphatic rings. The summed E-state index contributed by atoms with van der Waals surface area (Å²) in [6, 6.07) is 8.74. The number of nitrogens with zero attached hydrogens (tertiary/aromatic N) is 2. The van der Waals surface area contributed by atoms with E-state index in [1.165, 1.54) is 17.1 Å². The zero-order chi connectivity index (χ0) is 15.2. The normalized spacial score (nSPS) is 12.4. The molecular weight excluding hydrogens is 282 g/mol. The number of ether oxygens (including phenoxy) is 1. The molecule has 0 bridgehead atoms. The molecule has 4 nitrogen and oxygen atoms in total. The van der Waals surface area contributed by atoms with Crippen LogP contribution in [0.4, 0.5) is 5.13 Å². The summed E-state index contributed by atoms with van der Waals surface area (Å²) in [6.45, 7) is 8.16. The Bertz CT molecular complexity index is 551. The van der Waals surface area contributed by atoms with Crippen LogP contribution in [-0.4, -0.2) is 21.5 Å². The van der Waals surface area contributed by atoms with Gasteiger partial charge in [-0.25, -0.2) is 4.98 Å². The van der Waals surface area contributed by atoms with Crippen LogP contribution in [0.25, 0.3) is 0 Å². The van der Waals surface area contributed by atoms with Crippen LogP contribution < -0.4 is 10.1 Å². The molecule has 114 valence electrons. The Balaban J connectivity index is 1.79. The van der Waals surface area contributed by atoms with Crippen molar-refractivity contribution in [1.82, 2.24) is 9.36 Å². The minimum atomic E-state index is 0.218. The summed E-state index contributed by atoms with van der Waals surface area (Å²) in [4.78, 5) is 4.32. The predicted octanol–water partition coefficient (Wildman–Crippen LogP) is 4.07. The van der Waals surface area contributed by atoms with Crippen molar-refractivity contribution >= 4 is 16.7 Å². The monoisotopic (exact) mass is 305 g/mol. The van der Waals surface area contributed by atoms with Crippen LogP contribution in [0.2, 0.25) is 0 Å². The summed E-state index contributed by atoms with van der Waals surface area (Å²) >= 11 is 1.42. The average Bonchev–Trinajstić information content (AvgIpc) is 2.83. The summed E-state index contributed by atoms with van der Waals surface area (Å²) in [7, 11) is 0. The van der Waals surface area contributed by atoms with Gasteiger partial charge in [0.15, 0.2) is 0 Å². The molecule has 1 aromatic carbocycles. The lowest BCUT2D eigenvalue weighted by Gasteiger charge is -2.13. The Morgan fingerprint density at radius 2 is 1.90 bits per heavy atom. The quantitative estimate of drug-likeness (QED) is 0.837. The molecule has 2 rings (SSSR count). The fourth-order valence-corrected chi connectivity index (χ4v) is 2.71. The summed E-state index contributed by atoms with van der Waals surface area (Å²) in [6.07, 6.45) is 2.31. The van der Waals surface area contributed by atoms with Gasteiger partial charge in [0.2, 0.25) is 5.13 Å². The lowest BCUT2D eigenvalue weighted by molar-refractivity contribution is 0.242. The fraction of sp³-hybridized carbons (Fsp3) is 0.500. The van der Waals surface area contributed by atoms with Crippen molar-refractivity contribution in [2.24, 2.45) is 0 Å². The first-order valence-corrected chi connectivity index (χ1v) is 8.12. The van der Waals surface area contributed by atoms with E-state index in [1.807, 2.05) is 32.9 Å². The fourth-order valence-electron chi connectivity index (χ4n) is 2.03. The van der Waals surface area contributed by atoms with E-state index in [2.05, 4.69) is 33.7 Å². The van der Waals surface area contributed by atoms with Gasteiger partial charge in [-0.3, -0.25) is 0 Å². The second-order valence-electron chi connectivity index (χ2n) is 5.54. The molecule has 0 spiro atoms. The van der Waals surface area contributed by atoms with Gasteiger partial charge in [0.05, 0.1) is 6.10 Å². The van der Waals surface area contributed by atoms with Gasteiger partial charge in [-0.2, -0.15) is 4.37 Å². The van der Waals surface area contributed by atoms with Crippen molar-refractivity contribution in [1.29, 1.82) is 0 Å². The summed E-state index contributed by atoms with van der Waals surface area (Å²) in [5.41, 5.74) is 1.33. The largest absolute Gasteiger partial charge is 0.491 e. The third kappa shape index (κ3) is 5.34. The van der Waals surface area contributed by atoms with E-state index in [1.54, 1.807) is 0 Å². The molecule has 0 saturated carbocycles. The Morgan fingerprint density at radius 3 is 2.48 bits per heavy atom. The summed E-state index contributed by atoms with van der Waals surface area (Å²) in [5.74, 6) is 1.76. The number of anilines is 1. The first-order valence-electron chi connectivity index (χ1n) is 7.35. The molecule has 0 aliphatic heterocycles. The Morgan fingerprint density at radius 1 is 1.19 bits per heavy atom. The summed E-state index contributed by atoms with van der Waals surface area (Å²) < 4.78 is 9.83. The number of nitrogens with one attached hydrogen (secondary N) is 1. The molecular formula is C16H23N3OS. The molecule has 0 amide bonds. The highest BCUT2D eigenvalue weighted by atomic mass is 32.1. The van der Waals surface area contributed by atoms with Gasteiger partial charge in [-0.1, -0.05) is 12.1 Å². The molecule has 0 aliphatic carbocycles. The van der Waals surface area contributed by atoms with E-state index in [0.29, 0.717) is 6.04 Å².